The van der Waals surface area contributed by atoms with Crippen molar-refractivity contribution >= 4 is 23.5 Å². The summed E-state index contributed by atoms with van der Waals surface area (Å²) in [6, 6.07) is 3.82. The maximum atomic E-state index is 11.1. The molecule has 1 aliphatic rings. The average molecular weight is 223 g/mol. The van der Waals surface area contributed by atoms with Gasteiger partial charge in [-0.15, -0.1) is 0 Å². The Morgan fingerprint density at radius 3 is 3.20 bits per heavy atom. The van der Waals surface area contributed by atoms with E-state index in [4.69, 9.17) is 5.73 Å². The van der Waals surface area contributed by atoms with Crippen LogP contribution in [0.5, 0.6) is 0 Å². The first-order valence-corrected chi connectivity index (χ1v) is 6.02. The first-order chi connectivity index (χ1) is 7.27. The zero-order chi connectivity index (χ0) is 10.7. The second-order valence-electron chi connectivity index (χ2n) is 3.47. The quantitative estimate of drug-likeness (QED) is 0.805. The molecule has 0 saturated carbocycles. The fraction of sp³-hybridized carbons (Fsp3) is 0.400. The molecule has 1 saturated heterocycles. The molecular formula is C10H13N3OS. The number of primary amides is 1. The van der Waals surface area contributed by atoms with Crippen molar-refractivity contribution in [2.75, 3.05) is 16.8 Å². The van der Waals surface area contributed by atoms with E-state index in [2.05, 4.69) is 10.3 Å². The van der Waals surface area contributed by atoms with E-state index in [-0.39, 0.29) is 0 Å². The van der Waals surface area contributed by atoms with E-state index in [1.807, 2.05) is 11.8 Å². The van der Waals surface area contributed by atoms with E-state index in [1.165, 1.54) is 0 Å². The van der Waals surface area contributed by atoms with E-state index >= 15 is 0 Å². The monoisotopic (exact) mass is 223 g/mol. The summed E-state index contributed by atoms with van der Waals surface area (Å²) >= 11 is 1.91. The lowest BCUT2D eigenvalue weighted by molar-refractivity contribution is 0.100. The lowest BCUT2D eigenvalue weighted by Crippen LogP contribution is -2.22. The number of amides is 1. The van der Waals surface area contributed by atoms with Crippen molar-refractivity contribution in [3.05, 3.63) is 23.9 Å². The molecule has 1 atom stereocenters. The number of pyridine rings is 1. The lowest BCUT2D eigenvalue weighted by atomic mass is 10.2. The molecule has 1 fully saturated rings. The number of carbonyl (C=O) groups excluding carboxylic acids is 1. The van der Waals surface area contributed by atoms with Gasteiger partial charge in [-0.2, -0.15) is 11.8 Å². The smallest absolute Gasteiger partial charge is 0.252 e. The zero-order valence-electron chi connectivity index (χ0n) is 8.27. The first-order valence-electron chi connectivity index (χ1n) is 4.86. The van der Waals surface area contributed by atoms with Crippen LogP contribution in [-0.4, -0.2) is 28.4 Å². The van der Waals surface area contributed by atoms with Crippen LogP contribution in [0.3, 0.4) is 0 Å². The van der Waals surface area contributed by atoms with E-state index in [0.717, 1.165) is 17.9 Å². The first kappa shape index (κ1) is 10.3. The number of aromatic nitrogens is 1. The van der Waals surface area contributed by atoms with Gasteiger partial charge in [0.25, 0.3) is 5.91 Å². The SMILES string of the molecule is NC(=O)c1cccnc1NC1CCSC1. The highest BCUT2D eigenvalue weighted by Crippen LogP contribution is 2.21. The Labute approximate surface area is 92.6 Å². The van der Waals surface area contributed by atoms with Crippen molar-refractivity contribution in [3.63, 3.8) is 0 Å². The largest absolute Gasteiger partial charge is 0.366 e. The minimum atomic E-state index is -0.434. The average Bonchev–Trinajstić information content (AvgIpc) is 2.71. The molecule has 2 heterocycles. The van der Waals surface area contributed by atoms with Gasteiger partial charge in [0.1, 0.15) is 5.82 Å². The lowest BCUT2D eigenvalue weighted by Gasteiger charge is -2.13. The number of rotatable bonds is 3. The molecule has 1 aliphatic heterocycles. The summed E-state index contributed by atoms with van der Waals surface area (Å²) in [4.78, 5) is 15.3. The zero-order valence-corrected chi connectivity index (χ0v) is 9.09. The molecule has 1 aromatic heterocycles. The summed E-state index contributed by atoms with van der Waals surface area (Å²) in [5.41, 5.74) is 5.73. The van der Waals surface area contributed by atoms with Gasteiger partial charge in [-0.25, -0.2) is 4.98 Å². The van der Waals surface area contributed by atoms with Crippen LogP contribution in [0.4, 0.5) is 5.82 Å². The topological polar surface area (TPSA) is 68.0 Å². The maximum absolute atomic E-state index is 11.1. The molecule has 80 valence electrons. The second-order valence-corrected chi connectivity index (χ2v) is 4.62. The number of hydrogen-bond donors (Lipinski definition) is 2. The van der Waals surface area contributed by atoms with Crippen LogP contribution < -0.4 is 11.1 Å². The molecular weight excluding hydrogens is 210 g/mol. The standard InChI is InChI=1S/C10H13N3OS/c11-9(14)8-2-1-4-12-10(8)13-7-3-5-15-6-7/h1-2,4,7H,3,5-6H2,(H2,11,14)(H,12,13). The Morgan fingerprint density at radius 1 is 1.67 bits per heavy atom. The van der Waals surface area contributed by atoms with Crippen molar-refractivity contribution in [1.82, 2.24) is 4.98 Å². The van der Waals surface area contributed by atoms with E-state index in [0.29, 0.717) is 17.4 Å². The van der Waals surface area contributed by atoms with Crippen molar-refractivity contribution in [3.8, 4) is 0 Å². The molecule has 1 aromatic rings. The van der Waals surface area contributed by atoms with E-state index in [9.17, 15) is 4.79 Å². The Morgan fingerprint density at radius 2 is 2.53 bits per heavy atom. The number of thioether (sulfide) groups is 1. The second kappa shape index (κ2) is 4.53. The summed E-state index contributed by atoms with van der Waals surface area (Å²) in [6.07, 6.45) is 2.77. The van der Waals surface area contributed by atoms with Gasteiger partial charge in [-0.1, -0.05) is 0 Å². The van der Waals surface area contributed by atoms with Gasteiger partial charge < -0.3 is 11.1 Å². The Hall–Kier alpha value is -1.23. The number of nitrogens with zero attached hydrogens (tertiary/aromatic N) is 1. The van der Waals surface area contributed by atoms with Gasteiger partial charge >= 0.3 is 0 Å². The highest BCUT2D eigenvalue weighted by Gasteiger charge is 2.17. The van der Waals surface area contributed by atoms with Crippen LogP contribution in [0.25, 0.3) is 0 Å². The van der Waals surface area contributed by atoms with Crippen LogP contribution in [0.15, 0.2) is 18.3 Å². The molecule has 0 spiro atoms. The van der Waals surface area contributed by atoms with Crippen LogP contribution in [0.2, 0.25) is 0 Å². The Kier molecular flexibility index (Phi) is 3.11. The van der Waals surface area contributed by atoms with Crippen LogP contribution in [0.1, 0.15) is 16.8 Å². The highest BCUT2D eigenvalue weighted by molar-refractivity contribution is 7.99. The van der Waals surface area contributed by atoms with Gasteiger partial charge in [-0.3, -0.25) is 4.79 Å². The van der Waals surface area contributed by atoms with Gasteiger partial charge in [0.15, 0.2) is 0 Å². The molecule has 5 heteroatoms. The highest BCUT2D eigenvalue weighted by atomic mass is 32.2. The number of nitrogens with two attached hydrogens (primary N) is 1. The summed E-state index contributed by atoms with van der Waals surface area (Å²) < 4.78 is 0. The predicted octanol–water partition coefficient (Wildman–Crippen LogP) is 1.10. The summed E-state index contributed by atoms with van der Waals surface area (Å²) in [5.74, 6) is 2.40. The number of nitrogens with one attached hydrogen (secondary N) is 1. The number of hydrogen-bond acceptors (Lipinski definition) is 4. The molecule has 0 aromatic carbocycles. The Balaban J connectivity index is 2.15. The maximum Gasteiger partial charge on any atom is 0.252 e. The fourth-order valence-corrected chi connectivity index (χ4v) is 2.71. The van der Waals surface area contributed by atoms with Gasteiger partial charge in [0.2, 0.25) is 0 Å². The molecule has 1 amide bonds. The van der Waals surface area contributed by atoms with Gasteiger partial charge in [-0.05, 0) is 24.3 Å². The predicted molar refractivity (Wildman–Crippen MR) is 62.1 cm³/mol. The van der Waals surface area contributed by atoms with E-state index < -0.39 is 5.91 Å². The van der Waals surface area contributed by atoms with E-state index in [1.54, 1.807) is 18.3 Å². The summed E-state index contributed by atoms with van der Waals surface area (Å²) in [7, 11) is 0. The molecule has 0 radical (unpaired) electrons. The van der Waals surface area contributed by atoms with Crippen LogP contribution in [-0.2, 0) is 0 Å². The van der Waals surface area contributed by atoms with Gasteiger partial charge in [0.05, 0.1) is 5.56 Å². The van der Waals surface area contributed by atoms with Crippen molar-refractivity contribution < 1.29 is 4.79 Å². The summed E-state index contributed by atoms with van der Waals surface area (Å²) in [5, 5.41) is 3.26. The van der Waals surface area contributed by atoms with Crippen LogP contribution >= 0.6 is 11.8 Å². The normalized spacial score (nSPS) is 20.1. The molecule has 2 rings (SSSR count). The molecule has 15 heavy (non-hydrogen) atoms. The molecule has 0 aliphatic carbocycles. The minimum Gasteiger partial charge on any atom is -0.366 e. The van der Waals surface area contributed by atoms with Crippen molar-refractivity contribution in [1.29, 1.82) is 0 Å². The Bertz CT molecular complexity index is 363. The molecule has 4 nitrogen and oxygen atoms in total. The third-order valence-corrected chi connectivity index (χ3v) is 3.51. The van der Waals surface area contributed by atoms with Crippen LogP contribution in [0, 0.1) is 0 Å². The number of anilines is 1. The summed E-state index contributed by atoms with van der Waals surface area (Å²) in [6.45, 7) is 0. The van der Waals surface area contributed by atoms with Crippen molar-refractivity contribution in [2.24, 2.45) is 5.73 Å². The number of carbonyl (C=O) groups is 1. The fourth-order valence-electron chi connectivity index (χ4n) is 1.56. The molecule has 0 bridgehead atoms. The van der Waals surface area contributed by atoms with Crippen molar-refractivity contribution in [2.45, 2.75) is 12.5 Å². The third kappa shape index (κ3) is 2.41. The minimum absolute atomic E-state index is 0.406. The third-order valence-electron chi connectivity index (χ3n) is 2.34. The molecule has 1 unspecified atom stereocenters. The van der Waals surface area contributed by atoms with Gasteiger partial charge in [0, 0.05) is 18.0 Å². The molecule has 3 N–H and O–H groups in total.